The van der Waals surface area contributed by atoms with Crippen LogP contribution in [0.4, 0.5) is 0 Å². The van der Waals surface area contributed by atoms with Crippen molar-refractivity contribution in [2.45, 2.75) is 19.5 Å². The van der Waals surface area contributed by atoms with Crippen LogP contribution in [0.15, 0.2) is 48.8 Å². The molecule has 3 aromatic rings. The predicted molar refractivity (Wildman–Crippen MR) is 80.2 cm³/mol. The molecule has 2 aromatic heterocycles. The maximum Gasteiger partial charge on any atom is 0.126 e. The summed E-state index contributed by atoms with van der Waals surface area (Å²) in [6.07, 6.45) is 3.63. The highest BCUT2D eigenvalue weighted by Gasteiger charge is 2.13. The lowest BCUT2D eigenvalue weighted by Gasteiger charge is -2.13. The maximum absolute atomic E-state index is 4.71. The molecule has 1 aromatic carbocycles. The van der Waals surface area contributed by atoms with E-state index in [0.717, 1.165) is 17.9 Å². The number of benzene rings is 1. The zero-order chi connectivity index (χ0) is 13.9. The van der Waals surface area contributed by atoms with Gasteiger partial charge in [0.1, 0.15) is 5.82 Å². The minimum atomic E-state index is 0.195. The van der Waals surface area contributed by atoms with E-state index in [1.54, 1.807) is 0 Å². The maximum atomic E-state index is 4.71. The third-order valence-electron chi connectivity index (χ3n) is 3.57. The summed E-state index contributed by atoms with van der Waals surface area (Å²) in [6, 6.07) is 12.5. The molecule has 0 saturated carbocycles. The van der Waals surface area contributed by atoms with Crippen molar-refractivity contribution in [2.75, 3.05) is 0 Å². The van der Waals surface area contributed by atoms with Crippen LogP contribution in [-0.2, 0) is 13.6 Å². The van der Waals surface area contributed by atoms with Crippen molar-refractivity contribution in [1.82, 2.24) is 19.9 Å². The molecule has 0 bridgehead atoms. The Morgan fingerprint density at radius 3 is 2.65 bits per heavy atom. The van der Waals surface area contributed by atoms with E-state index in [1.807, 2.05) is 36.7 Å². The number of nitrogens with zero attached hydrogens (tertiary/aromatic N) is 3. The summed E-state index contributed by atoms with van der Waals surface area (Å²) in [5.41, 5.74) is 3.44. The lowest BCUT2D eigenvalue weighted by molar-refractivity contribution is 0.533. The number of rotatable bonds is 4. The number of nitrogens with one attached hydrogen (secondary N) is 1. The van der Waals surface area contributed by atoms with Crippen LogP contribution in [0.1, 0.15) is 24.4 Å². The first-order valence-corrected chi connectivity index (χ1v) is 6.79. The first-order chi connectivity index (χ1) is 9.75. The SMILES string of the molecule is CC(NCc1ccncc1)c1nc2ccccc2n1C. The fraction of sp³-hybridized carbons (Fsp3) is 0.250. The normalized spacial score (nSPS) is 12.7. The van der Waals surface area contributed by atoms with Gasteiger partial charge in [0.05, 0.1) is 17.1 Å². The number of hydrogen-bond acceptors (Lipinski definition) is 3. The second-order valence-corrected chi connectivity index (χ2v) is 4.98. The molecule has 102 valence electrons. The molecule has 3 rings (SSSR count). The third-order valence-corrected chi connectivity index (χ3v) is 3.57. The summed E-state index contributed by atoms with van der Waals surface area (Å²) in [6.45, 7) is 2.95. The van der Waals surface area contributed by atoms with Gasteiger partial charge in [0, 0.05) is 26.0 Å². The summed E-state index contributed by atoms with van der Waals surface area (Å²) in [4.78, 5) is 8.74. The topological polar surface area (TPSA) is 42.7 Å². The minimum absolute atomic E-state index is 0.195. The zero-order valence-electron chi connectivity index (χ0n) is 11.7. The molecule has 0 spiro atoms. The van der Waals surface area contributed by atoms with Gasteiger partial charge in [-0.25, -0.2) is 4.98 Å². The van der Waals surface area contributed by atoms with Crippen molar-refractivity contribution in [3.63, 3.8) is 0 Å². The first kappa shape index (κ1) is 12.8. The van der Waals surface area contributed by atoms with Gasteiger partial charge in [-0.1, -0.05) is 12.1 Å². The molecule has 1 atom stereocenters. The molecule has 4 nitrogen and oxygen atoms in total. The molecular weight excluding hydrogens is 248 g/mol. The second kappa shape index (κ2) is 5.43. The largest absolute Gasteiger partial charge is 0.330 e. The molecule has 0 aliphatic heterocycles. The van der Waals surface area contributed by atoms with E-state index in [-0.39, 0.29) is 6.04 Å². The predicted octanol–water partition coefficient (Wildman–Crippen LogP) is 2.82. The second-order valence-electron chi connectivity index (χ2n) is 4.98. The number of hydrogen-bond donors (Lipinski definition) is 1. The molecule has 0 saturated heterocycles. The fourth-order valence-corrected chi connectivity index (χ4v) is 2.41. The van der Waals surface area contributed by atoms with Gasteiger partial charge in [0.2, 0.25) is 0 Å². The Bertz CT molecular complexity index is 703. The van der Waals surface area contributed by atoms with E-state index in [1.165, 1.54) is 11.1 Å². The van der Waals surface area contributed by atoms with E-state index < -0.39 is 0 Å². The molecular formula is C16H18N4. The molecule has 0 radical (unpaired) electrons. The van der Waals surface area contributed by atoms with E-state index in [0.29, 0.717) is 0 Å². The monoisotopic (exact) mass is 266 g/mol. The summed E-state index contributed by atoms with van der Waals surface area (Å²) in [5, 5.41) is 3.51. The number of aromatic nitrogens is 3. The van der Waals surface area contributed by atoms with Gasteiger partial charge >= 0.3 is 0 Å². The number of imidazole rings is 1. The average Bonchev–Trinajstić information content (AvgIpc) is 2.84. The number of fused-ring (bicyclic) bond motifs is 1. The van der Waals surface area contributed by atoms with Gasteiger partial charge < -0.3 is 9.88 Å². The van der Waals surface area contributed by atoms with Gasteiger partial charge in [0.25, 0.3) is 0 Å². The molecule has 0 aliphatic rings. The zero-order valence-corrected chi connectivity index (χ0v) is 11.7. The first-order valence-electron chi connectivity index (χ1n) is 6.79. The Labute approximate surface area is 118 Å². The van der Waals surface area contributed by atoms with Crippen LogP contribution in [0.25, 0.3) is 11.0 Å². The van der Waals surface area contributed by atoms with Crippen molar-refractivity contribution < 1.29 is 0 Å². The Balaban J connectivity index is 1.79. The van der Waals surface area contributed by atoms with Crippen molar-refractivity contribution in [1.29, 1.82) is 0 Å². The lowest BCUT2D eigenvalue weighted by Crippen LogP contribution is -2.21. The highest BCUT2D eigenvalue weighted by molar-refractivity contribution is 5.75. The van der Waals surface area contributed by atoms with Gasteiger partial charge in [-0.15, -0.1) is 0 Å². The summed E-state index contributed by atoms with van der Waals surface area (Å²) in [5.74, 6) is 1.06. The summed E-state index contributed by atoms with van der Waals surface area (Å²) >= 11 is 0. The highest BCUT2D eigenvalue weighted by Crippen LogP contribution is 2.19. The lowest BCUT2D eigenvalue weighted by atomic mass is 10.2. The Morgan fingerprint density at radius 2 is 1.90 bits per heavy atom. The van der Waals surface area contributed by atoms with E-state index >= 15 is 0 Å². The third kappa shape index (κ3) is 2.42. The van der Waals surface area contributed by atoms with E-state index in [2.05, 4.69) is 41.0 Å². The average molecular weight is 266 g/mol. The fourth-order valence-electron chi connectivity index (χ4n) is 2.41. The van der Waals surface area contributed by atoms with Crippen LogP contribution in [0.3, 0.4) is 0 Å². The Kier molecular flexibility index (Phi) is 3.48. The molecule has 4 heteroatoms. The molecule has 0 aliphatic carbocycles. The molecule has 1 unspecified atom stereocenters. The van der Waals surface area contributed by atoms with Crippen molar-refractivity contribution in [3.8, 4) is 0 Å². The van der Waals surface area contributed by atoms with Crippen LogP contribution in [0, 0.1) is 0 Å². The van der Waals surface area contributed by atoms with Crippen molar-refractivity contribution in [2.24, 2.45) is 7.05 Å². The van der Waals surface area contributed by atoms with Gasteiger partial charge in [-0.05, 0) is 36.8 Å². The van der Waals surface area contributed by atoms with Gasteiger partial charge in [-0.3, -0.25) is 4.98 Å². The van der Waals surface area contributed by atoms with Crippen molar-refractivity contribution in [3.05, 3.63) is 60.2 Å². The van der Waals surface area contributed by atoms with E-state index in [9.17, 15) is 0 Å². The van der Waals surface area contributed by atoms with Crippen LogP contribution in [0.2, 0.25) is 0 Å². The molecule has 0 fully saturated rings. The molecule has 0 amide bonds. The number of para-hydroxylation sites is 2. The quantitative estimate of drug-likeness (QED) is 0.789. The highest BCUT2D eigenvalue weighted by atomic mass is 15.1. The number of pyridine rings is 1. The Morgan fingerprint density at radius 1 is 1.15 bits per heavy atom. The van der Waals surface area contributed by atoms with Crippen LogP contribution in [0.5, 0.6) is 0 Å². The smallest absolute Gasteiger partial charge is 0.126 e. The molecule has 1 N–H and O–H groups in total. The Hall–Kier alpha value is -2.20. The van der Waals surface area contributed by atoms with Crippen LogP contribution in [-0.4, -0.2) is 14.5 Å². The number of aryl methyl sites for hydroxylation is 1. The summed E-state index contributed by atoms with van der Waals surface area (Å²) < 4.78 is 2.15. The van der Waals surface area contributed by atoms with Gasteiger partial charge in [-0.2, -0.15) is 0 Å². The van der Waals surface area contributed by atoms with Crippen LogP contribution >= 0.6 is 0 Å². The van der Waals surface area contributed by atoms with Crippen LogP contribution < -0.4 is 5.32 Å². The summed E-state index contributed by atoms with van der Waals surface area (Å²) in [7, 11) is 2.06. The van der Waals surface area contributed by atoms with Gasteiger partial charge in [0.15, 0.2) is 0 Å². The van der Waals surface area contributed by atoms with Crippen molar-refractivity contribution >= 4 is 11.0 Å². The van der Waals surface area contributed by atoms with E-state index in [4.69, 9.17) is 4.98 Å². The minimum Gasteiger partial charge on any atom is -0.330 e. The standard InChI is InChI=1S/C16H18N4/c1-12(18-11-13-7-9-17-10-8-13)16-19-14-5-3-4-6-15(14)20(16)2/h3-10,12,18H,11H2,1-2H3. The molecule has 2 heterocycles. The molecule has 20 heavy (non-hydrogen) atoms.